The van der Waals surface area contributed by atoms with E-state index in [4.69, 9.17) is 9.94 Å². The maximum atomic E-state index is 11.4. The summed E-state index contributed by atoms with van der Waals surface area (Å²) in [7, 11) is 0. The van der Waals surface area contributed by atoms with E-state index in [0.29, 0.717) is 19.6 Å². The van der Waals surface area contributed by atoms with Gasteiger partial charge in [0.15, 0.2) is 0 Å². The van der Waals surface area contributed by atoms with Crippen LogP contribution in [-0.2, 0) is 9.53 Å². The first-order valence-electron chi connectivity index (χ1n) is 9.33. The van der Waals surface area contributed by atoms with E-state index >= 15 is 0 Å². The summed E-state index contributed by atoms with van der Waals surface area (Å²) in [6.45, 7) is 3.42. The number of hydroxylamine groups is 1. The number of carbonyl (C=O) groups excluding carboxylic acids is 1. The molecular formula is C18H37NO3. The summed E-state index contributed by atoms with van der Waals surface area (Å²) >= 11 is 0. The molecule has 0 spiro atoms. The average Bonchev–Trinajstić information content (AvgIpc) is 2.52. The molecule has 0 aliphatic rings. The number of nitrogens with one attached hydrogen (secondary N) is 1. The van der Waals surface area contributed by atoms with E-state index in [1.54, 1.807) is 0 Å². The van der Waals surface area contributed by atoms with Crippen LogP contribution in [0.5, 0.6) is 0 Å². The van der Waals surface area contributed by atoms with Crippen LogP contribution in [0.3, 0.4) is 0 Å². The minimum atomic E-state index is -0.0760. The van der Waals surface area contributed by atoms with Gasteiger partial charge in [0.2, 0.25) is 0 Å². The van der Waals surface area contributed by atoms with E-state index in [1.165, 1.54) is 57.8 Å². The average molecular weight is 315 g/mol. The van der Waals surface area contributed by atoms with Crippen LogP contribution in [-0.4, -0.2) is 24.3 Å². The summed E-state index contributed by atoms with van der Waals surface area (Å²) < 4.78 is 5.22. The van der Waals surface area contributed by atoms with E-state index in [1.807, 2.05) is 0 Å². The first kappa shape index (κ1) is 21.4. The standard InChI is InChI=1S/C18H37NO3/c1-2-3-4-5-6-7-8-9-10-14-17-22-18(20)15-12-11-13-16-19-21/h19,21H,2-17H2,1H3. The monoisotopic (exact) mass is 315 g/mol. The van der Waals surface area contributed by atoms with Gasteiger partial charge < -0.3 is 9.94 Å². The number of esters is 1. The lowest BCUT2D eigenvalue weighted by molar-refractivity contribution is -0.143. The van der Waals surface area contributed by atoms with Gasteiger partial charge in [-0.05, 0) is 19.3 Å². The molecular weight excluding hydrogens is 278 g/mol. The number of hydrogen-bond acceptors (Lipinski definition) is 4. The highest BCUT2D eigenvalue weighted by Gasteiger charge is 2.02. The lowest BCUT2D eigenvalue weighted by atomic mass is 10.1. The smallest absolute Gasteiger partial charge is 0.305 e. The second-order valence-electron chi connectivity index (χ2n) is 6.12. The number of unbranched alkanes of at least 4 members (excludes halogenated alkanes) is 11. The minimum absolute atomic E-state index is 0.0760. The first-order chi connectivity index (χ1) is 10.8. The summed E-state index contributed by atoms with van der Waals surface area (Å²) in [4.78, 5) is 11.4. The van der Waals surface area contributed by atoms with Crippen LogP contribution in [0.25, 0.3) is 0 Å². The molecule has 0 bridgehead atoms. The molecule has 132 valence electrons. The van der Waals surface area contributed by atoms with E-state index < -0.39 is 0 Å². The van der Waals surface area contributed by atoms with Crippen LogP contribution in [0, 0.1) is 0 Å². The molecule has 0 unspecified atom stereocenters. The third-order valence-corrected chi connectivity index (χ3v) is 3.93. The van der Waals surface area contributed by atoms with E-state index in [2.05, 4.69) is 12.4 Å². The van der Waals surface area contributed by atoms with Crippen molar-refractivity contribution in [1.82, 2.24) is 5.48 Å². The van der Waals surface area contributed by atoms with Crippen LogP contribution >= 0.6 is 0 Å². The van der Waals surface area contributed by atoms with E-state index in [9.17, 15) is 4.79 Å². The summed E-state index contributed by atoms with van der Waals surface area (Å²) in [5.74, 6) is -0.0760. The number of ether oxygens (including phenoxy) is 1. The lowest BCUT2D eigenvalue weighted by Gasteiger charge is -2.05. The third kappa shape index (κ3) is 17.4. The molecule has 0 saturated heterocycles. The van der Waals surface area contributed by atoms with Crippen LogP contribution < -0.4 is 5.48 Å². The van der Waals surface area contributed by atoms with E-state index in [-0.39, 0.29) is 5.97 Å². The molecule has 0 aliphatic carbocycles. The van der Waals surface area contributed by atoms with Gasteiger partial charge in [-0.2, -0.15) is 0 Å². The maximum Gasteiger partial charge on any atom is 0.305 e. The molecule has 0 radical (unpaired) electrons. The molecule has 0 fully saturated rings. The molecule has 0 amide bonds. The Labute approximate surface area is 137 Å². The SMILES string of the molecule is CCCCCCCCCCCCOC(=O)CCCCCNO. The van der Waals surface area contributed by atoms with Crippen molar-refractivity contribution in [2.75, 3.05) is 13.2 Å². The Balaban J connectivity index is 3.10. The zero-order valence-corrected chi connectivity index (χ0v) is 14.6. The Hall–Kier alpha value is -0.610. The highest BCUT2D eigenvalue weighted by Crippen LogP contribution is 2.10. The Bertz CT molecular complexity index is 234. The molecule has 4 nitrogen and oxygen atoms in total. The molecule has 0 atom stereocenters. The zero-order chi connectivity index (χ0) is 16.3. The highest BCUT2D eigenvalue weighted by molar-refractivity contribution is 5.69. The molecule has 0 saturated carbocycles. The zero-order valence-electron chi connectivity index (χ0n) is 14.6. The van der Waals surface area contributed by atoms with E-state index in [0.717, 1.165) is 25.7 Å². The van der Waals surface area contributed by atoms with Gasteiger partial charge in [0.05, 0.1) is 6.61 Å². The Morgan fingerprint density at radius 1 is 0.818 bits per heavy atom. The molecule has 0 aromatic heterocycles. The topological polar surface area (TPSA) is 58.6 Å². The number of carbonyl (C=O) groups is 1. The maximum absolute atomic E-state index is 11.4. The largest absolute Gasteiger partial charge is 0.466 e. The molecule has 0 aliphatic heterocycles. The molecule has 0 rings (SSSR count). The summed E-state index contributed by atoms with van der Waals surface area (Å²) in [5.41, 5.74) is 2.11. The van der Waals surface area contributed by atoms with Gasteiger partial charge in [-0.3, -0.25) is 4.79 Å². The predicted octanol–water partition coefficient (Wildman–Crippen LogP) is 4.99. The molecule has 0 heterocycles. The number of hydrogen-bond donors (Lipinski definition) is 2. The third-order valence-electron chi connectivity index (χ3n) is 3.93. The highest BCUT2D eigenvalue weighted by atomic mass is 16.5. The molecule has 0 aromatic carbocycles. The van der Waals surface area contributed by atoms with Gasteiger partial charge in [0.25, 0.3) is 0 Å². The van der Waals surface area contributed by atoms with Crippen molar-refractivity contribution in [1.29, 1.82) is 0 Å². The first-order valence-corrected chi connectivity index (χ1v) is 9.33. The molecule has 0 aromatic rings. The number of rotatable bonds is 17. The van der Waals surface area contributed by atoms with Gasteiger partial charge in [-0.1, -0.05) is 71.1 Å². The summed E-state index contributed by atoms with van der Waals surface area (Å²) in [6.07, 6.45) is 16.1. The lowest BCUT2D eigenvalue weighted by Crippen LogP contribution is -2.09. The fourth-order valence-electron chi connectivity index (χ4n) is 2.50. The van der Waals surface area contributed by atoms with Crippen LogP contribution in [0.4, 0.5) is 0 Å². The van der Waals surface area contributed by atoms with Gasteiger partial charge in [-0.25, -0.2) is 5.48 Å². The van der Waals surface area contributed by atoms with Crippen molar-refractivity contribution in [3.05, 3.63) is 0 Å². The van der Waals surface area contributed by atoms with Crippen LogP contribution in [0.15, 0.2) is 0 Å². The van der Waals surface area contributed by atoms with Crippen molar-refractivity contribution in [3.63, 3.8) is 0 Å². The van der Waals surface area contributed by atoms with Gasteiger partial charge in [0, 0.05) is 13.0 Å². The Kier molecular flexibility index (Phi) is 17.9. The molecule has 2 N–H and O–H groups in total. The van der Waals surface area contributed by atoms with Crippen LogP contribution in [0.2, 0.25) is 0 Å². The van der Waals surface area contributed by atoms with Crippen molar-refractivity contribution in [3.8, 4) is 0 Å². The molecule has 4 heteroatoms. The molecule has 22 heavy (non-hydrogen) atoms. The van der Waals surface area contributed by atoms with Gasteiger partial charge in [0.1, 0.15) is 0 Å². The van der Waals surface area contributed by atoms with Crippen molar-refractivity contribution in [2.24, 2.45) is 0 Å². The summed E-state index contributed by atoms with van der Waals surface area (Å²) in [5, 5.41) is 8.40. The van der Waals surface area contributed by atoms with Crippen molar-refractivity contribution in [2.45, 2.75) is 96.8 Å². The predicted molar refractivity (Wildman–Crippen MR) is 91.1 cm³/mol. The van der Waals surface area contributed by atoms with Gasteiger partial charge in [-0.15, -0.1) is 0 Å². The second kappa shape index (κ2) is 18.4. The fraction of sp³-hybridized carbons (Fsp3) is 0.944. The fourth-order valence-corrected chi connectivity index (χ4v) is 2.50. The minimum Gasteiger partial charge on any atom is -0.466 e. The quantitative estimate of drug-likeness (QED) is 0.225. The second-order valence-corrected chi connectivity index (χ2v) is 6.12. The van der Waals surface area contributed by atoms with Crippen molar-refractivity contribution < 1.29 is 14.7 Å². The van der Waals surface area contributed by atoms with Crippen LogP contribution in [0.1, 0.15) is 96.8 Å². The Morgan fingerprint density at radius 2 is 1.36 bits per heavy atom. The van der Waals surface area contributed by atoms with Crippen molar-refractivity contribution >= 4 is 5.97 Å². The summed E-state index contributed by atoms with van der Waals surface area (Å²) in [6, 6.07) is 0. The Morgan fingerprint density at radius 3 is 1.95 bits per heavy atom. The van der Waals surface area contributed by atoms with Gasteiger partial charge >= 0.3 is 5.97 Å². The normalized spacial score (nSPS) is 10.8.